The number of halogens is 3. The van der Waals surface area contributed by atoms with Gasteiger partial charge in [-0.2, -0.15) is 0 Å². The Morgan fingerprint density at radius 1 is 1.22 bits per heavy atom. The molecule has 0 radical (unpaired) electrons. The summed E-state index contributed by atoms with van der Waals surface area (Å²) in [7, 11) is 0. The molecule has 5 heteroatoms. The van der Waals surface area contributed by atoms with Gasteiger partial charge in [0.1, 0.15) is 22.5 Å². The molecule has 1 aromatic heterocycles. The Bertz CT molecular complexity index is 575. The molecule has 1 heterocycles. The molecule has 0 fully saturated rings. The molecule has 0 bridgehead atoms. The normalized spacial score (nSPS) is 10.4. The molecule has 1 aromatic carbocycles. The van der Waals surface area contributed by atoms with E-state index in [1.807, 2.05) is 0 Å². The highest BCUT2D eigenvalue weighted by atomic mass is 35.5. The molecule has 0 aliphatic rings. The lowest BCUT2D eigenvalue weighted by Crippen LogP contribution is -1.96. The van der Waals surface area contributed by atoms with Crippen molar-refractivity contribution in [3.05, 3.63) is 47.2 Å². The summed E-state index contributed by atoms with van der Waals surface area (Å²) in [4.78, 5) is 3.63. The molecule has 0 spiro atoms. The molecule has 0 atom stereocenters. The lowest BCUT2D eigenvalue weighted by molar-refractivity contribution is 0.339. The van der Waals surface area contributed by atoms with Crippen LogP contribution in [0, 0.1) is 11.6 Å². The lowest BCUT2D eigenvalue weighted by Gasteiger charge is -2.11. The van der Waals surface area contributed by atoms with Crippen LogP contribution in [0.1, 0.15) is 6.92 Å². The average Bonchev–Trinajstić information content (AvgIpc) is 2.33. The molecule has 0 unspecified atom stereocenters. The van der Waals surface area contributed by atoms with Crippen molar-refractivity contribution in [2.24, 2.45) is 0 Å². The van der Waals surface area contributed by atoms with Crippen molar-refractivity contribution in [2.45, 2.75) is 6.92 Å². The first kappa shape index (κ1) is 12.8. The molecule has 0 saturated heterocycles. The van der Waals surface area contributed by atoms with Gasteiger partial charge in [0.05, 0.1) is 12.8 Å². The van der Waals surface area contributed by atoms with Gasteiger partial charge in [-0.05, 0) is 25.1 Å². The van der Waals surface area contributed by atoms with Crippen LogP contribution in [0.4, 0.5) is 8.78 Å². The van der Waals surface area contributed by atoms with Gasteiger partial charge in [0.2, 0.25) is 0 Å². The summed E-state index contributed by atoms with van der Waals surface area (Å²) >= 11 is 5.73. The summed E-state index contributed by atoms with van der Waals surface area (Å²) in [5.74, 6) is -0.701. The topological polar surface area (TPSA) is 22.1 Å². The standard InChI is InChI=1S/C13H10ClF2NO/c1-2-18-12-5-8(15)3-4-9(12)10-6-13(14)17-7-11(10)16/h3-7H,2H2,1H3. The Balaban J connectivity index is 2.58. The number of pyridine rings is 1. The highest BCUT2D eigenvalue weighted by molar-refractivity contribution is 6.29. The Morgan fingerprint density at radius 2 is 2.00 bits per heavy atom. The van der Waals surface area contributed by atoms with Crippen LogP contribution in [-0.4, -0.2) is 11.6 Å². The smallest absolute Gasteiger partial charge is 0.149 e. The predicted molar refractivity (Wildman–Crippen MR) is 65.8 cm³/mol. The van der Waals surface area contributed by atoms with Crippen molar-refractivity contribution < 1.29 is 13.5 Å². The number of nitrogens with zero attached hydrogens (tertiary/aromatic N) is 1. The summed E-state index contributed by atoms with van der Waals surface area (Å²) in [6.07, 6.45) is 1.02. The maximum Gasteiger partial charge on any atom is 0.149 e. The Morgan fingerprint density at radius 3 is 2.72 bits per heavy atom. The van der Waals surface area contributed by atoms with Crippen LogP contribution in [0.15, 0.2) is 30.5 Å². The quantitative estimate of drug-likeness (QED) is 0.784. The minimum absolute atomic E-state index is 0.165. The second-order valence-electron chi connectivity index (χ2n) is 3.56. The van der Waals surface area contributed by atoms with Gasteiger partial charge in [-0.25, -0.2) is 13.8 Å². The summed E-state index contributed by atoms with van der Waals surface area (Å²) in [5.41, 5.74) is 0.679. The van der Waals surface area contributed by atoms with Crippen LogP contribution in [0.2, 0.25) is 5.15 Å². The minimum atomic E-state index is -0.535. The largest absolute Gasteiger partial charge is 0.493 e. The van der Waals surface area contributed by atoms with E-state index in [2.05, 4.69) is 4.98 Å². The summed E-state index contributed by atoms with van der Waals surface area (Å²) in [6, 6.07) is 5.29. The zero-order valence-electron chi connectivity index (χ0n) is 9.58. The number of benzene rings is 1. The van der Waals surface area contributed by atoms with Gasteiger partial charge in [0.15, 0.2) is 0 Å². The SMILES string of the molecule is CCOc1cc(F)ccc1-c1cc(Cl)ncc1F. The van der Waals surface area contributed by atoms with Gasteiger partial charge in [-0.1, -0.05) is 11.6 Å². The molecule has 0 amide bonds. The van der Waals surface area contributed by atoms with E-state index in [4.69, 9.17) is 16.3 Å². The molecule has 0 aliphatic carbocycles. The van der Waals surface area contributed by atoms with Gasteiger partial charge in [-0.3, -0.25) is 0 Å². The van der Waals surface area contributed by atoms with Crippen LogP contribution in [0.5, 0.6) is 5.75 Å². The second-order valence-corrected chi connectivity index (χ2v) is 3.95. The van der Waals surface area contributed by atoms with E-state index in [9.17, 15) is 8.78 Å². The van der Waals surface area contributed by atoms with E-state index >= 15 is 0 Å². The fourth-order valence-electron chi connectivity index (χ4n) is 1.61. The van der Waals surface area contributed by atoms with Gasteiger partial charge >= 0.3 is 0 Å². The van der Waals surface area contributed by atoms with Gasteiger partial charge in [-0.15, -0.1) is 0 Å². The molecule has 94 valence electrons. The van der Waals surface area contributed by atoms with Crippen molar-refractivity contribution in [3.63, 3.8) is 0 Å². The number of ether oxygens (including phenoxy) is 1. The average molecular weight is 270 g/mol. The maximum absolute atomic E-state index is 13.7. The summed E-state index contributed by atoms with van der Waals surface area (Å²) < 4.78 is 32.2. The highest BCUT2D eigenvalue weighted by Crippen LogP contribution is 2.33. The van der Waals surface area contributed by atoms with Crippen LogP contribution in [0.3, 0.4) is 0 Å². The first-order chi connectivity index (χ1) is 8.61. The fraction of sp³-hybridized carbons (Fsp3) is 0.154. The Labute approximate surface area is 108 Å². The monoisotopic (exact) mass is 269 g/mol. The number of aromatic nitrogens is 1. The minimum Gasteiger partial charge on any atom is -0.493 e. The Kier molecular flexibility index (Phi) is 3.77. The predicted octanol–water partition coefficient (Wildman–Crippen LogP) is 4.08. The van der Waals surface area contributed by atoms with Crippen molar-refractivity contribution in [2.75, 3.05) is 6.61 Å². The van der Waals surface area contributed by atoms with Crippen molar-refractivity contribution in [3.8, 4) is 16.9 Å². The first-order valence-corrected chi connectivity index (χ1v) is 5.73. The first-order valence-electron chi connectivity index (χ1n) is 5.35. The molecule has 2 nitrogen and oxygen atoms in total. The van der Waals surface area contributed by atoms with E-state index in [0.717, 1.165) is 6.20 Å². The fourth-order valence-corrected chi connectivity index (χ4v) is 1.77. The van der Waals surface area contributed by atoms with Crippen LogP contribution in [0.25, 0.3) is 11.1 Å². The molecule has 2 aromatic rings. The molecule has 0 saturated carbocycles. The number of rotatable bonds is 3. The van der Waals surface area contributed by atoms with Crippen molar-refractivity contribution >= 4 is 11.6 Å². The van der Waals surface area contributed by atoms with Crippen molar-refractivity contribution in [1.29, 1.82) is 0 Å². The van der Waals surface area contributed by atoms with Crippen LogP contribution in [-0.2, 0) is 0 Å². The molecule has 18 heavy (non-hydrogen) atoms. The highest BCUT2D eigenvalue weighted by Gasteiger charge is 2.13. The van der Waals surface area contributed by atoms with Crippen molar-refractivity contribution in [1.82, 2.24) is 4.98 Å². The Hall–Kier alpha value is -1.68. The molecular weight excluding hydrogens is 260 g/mol. The third kappa shape index (κ3) is 2.59. The van der Waals surface area contributed by atoms with Crippen LogP contribution >= 0.6 is 11.6 Å². The lowest BCUT2D eigenvalue weighted by atomic mass is 10.1. The third-order valence-electron chi connectivity index (χ3n) is 2.36. The van der Waals surface area contributed by atoms with E-state index in [-0.39, 0.29) is 16.5 Å². The van der Waals surface area contributed by atoms with Gasteiger partial charge in [0.25, 0.3) is 0 Å². The van der Waals surface area contributed by atoms with Gasteiger partial charge < -0.3 is 4.74 Å². The van der Waals surface area contributed by atoms with E-state index in [0.29, 0.717) is 12.2 Å². The summed E-state index contributed by atoms with van der Waals surface area (Å²) in [6.45, 7) is 2.13. The van der Waals surface area contributed by atoms with E-state index in [1.54, 1.807) is 6.92 Å². The molecule has 0 aliphatic heterocycles. The van der Waals surface area contributed by atoms with Crippen LogP contribution < -0.4 is 4.74 Å². The second kappa shape index (κ2) is 5.31. The maximum atomic E-state index is 13.7. The number of hydrogen-bond acceptors (Lipinski definition) is 2. The molecular formula is C13H10ClF2NO. The molecule has 2 rings (SSSR count). The van der Waals surface area contributed by atoms with E-state index in [1.165, 1.54) is 24.3 Å². The van der Waals surface area contributed by atoms with E-state index < -0.39 is 11.6 Å². The zero-order valence-corrected chi connectivity index (χ0v) is 10.3. The van der Waals surface area contributed by atoms with Gasteiger partial charge in [0, 0.05) is 17.2 Å². The number of hydrogen-bond donors (Lipinski definition) is 0. The molecule has 0 N–H and O–H groups in total. The third-order valence-corrected chi connectivity index (χ3v) is 2.56. The zero-order chi connectivity index (χ0) is 13.1. The summed E-state index contributed by atoms with van der Waals surface area (Å²) in [5, 5.41) is 0.165.